The zero-order chi connectivity index (χ0) is 32.9. The Morgan fingerprint density at radius 1 is 0.714 bits per heavy atom. The minimum absolute atomic E-state index is 0.0372. The molecule has 0 saturated carbocycles. The molecule has 0 radical (unpaired) electrons. The van der Waals surface area contributed by atoms with Crippen LogP contribution in [-0.2, 0) is 22.4 Å². The van der Waals surface area contributed by atoms with Gasteiger partial charge in [0.2, 0.25) is 0 Å². The van der Waals surface area contributed by atoms with E-state index in [9.17, 15) is 79.8 Å². The third-order valence-corrected chi connectivity index (χ3v) is 7.44. The first kappa shape index (κ1) is 35.7. The highest BCUT2D eigenvalue weighted by molar-refractivity contribution is 7.17. The van der Waals surface area contributed by atoms with Gasteiger partial charge in [0.25, 0.3) is 0 Å². The van der Waals surface area contributed by atoms with Crippen LogP contribution in [-0.4, -0.2) is 66.9 Å². The number of halogens is 16. The Hall–Kier alpha value is -2.48. The molecule has 1 amide bonds. The van der Waals surface area contributed by atoms with E-state index >= 15 is 0 Å². The molecule has 1 heterocycles. The number of aryl methyl sites for hydroxylation is 1. The number of fused-ring (bicyclic) bond motifs is 1. The molecule has 0 atom stereocenters. The molecule has 0 aliphatic heterocycles. The van der Waals surface area contributed by atoms with E-state index in [4.69, 9.17) is 0 Å². The van der Waals surface area contributed by atoms with Crippen molar-refractivity contribution < 1.29 is 84.6 Å². The quantitative estimate of drug-likeness (QED) is 0.205. The van der Waals surface area contributed by atoms with Crippen molar-refractivity contribution in [2.75, 3.05) is 12.4 Å². The van der Waals surface area contributed by atoms with Gasteiger partial charge in [0.15, 0.2) is 0 Å². The maximum Gasteiger partial charge on any atom is 0.393 e. The lowest BCUT2D eigenvalue weighted by molar-refractivity contribution is -0.443. The fourth-order valence-electron chi connectivity index (χ4n) is 3.78. The highest BCUT2D eigenvalue weighted by Crippen LogP contribution is 2.63. The van der Waals surface area contributed by atoms with Gasteiger partial charge in [0.05, 0.1) is 12.7 Å². The maximum atomic E-state index is 14.4. The van der Waals surface area contributed by atoms with Crippen LogP contribution in [0.25, 0.3) is 0 Å². The molecule has 4 nitrogen and oxygen atoms in total. The van der Waals surface area contributed by atoms with E-state index in [1.807, 2.05) is 0 Å². The van der Waals surface area contributed by atoms with Crippen molar-refractivity contribution in [2.24, 2.45) is 0 Å². The molecule has 0 saturated heterocycles. The number of amides is 1. The van der Waals surface area contributed by atoms with E-state index in [0.717, 1.165) is 12.4 Å². The number of anilines is 1. The van der Waals surface area contributed by atoms with Gasteiger partial charge in [0.1, 0.15) is 5.00 Å². The van der Waals surface area contributed by atoms with Gasteiger partial charge in [-0.25, -0.2) is 13.6 Å². The summed E-state index contributed by atoms with van der Waals surface area (Å²) in [6, 6.07) is 0. The van der Waals surface area contributed by atoms with E-state index in [1.54, 1.807) is 0 Å². The molecule has 0 bridgehead atoms. The predicted octanol–water partition coefficient (Wildman–Crippen LogP) is 7.84. The van der Waals surface area contributed by atoms with Crippen molar-refractivity contribution >= 4 is 28.2 Å². The Labute approximate surface area is 228 Å². The van der Waals surface area contributed by atoms with Gasteiger partial charge in [-0.2, -0.15) is 61.5 Å². The topological polar surface area (TPSA) is 55.4 Å². The van der Waals surface area contributed by atoms with Crippen molar-refractivity contribution in [3.63, 3.8) is 0 Å². The summed E-state index contributed by atoms with van der Waals surface area (Å²) in [5.74, 6) is -61.7. The van der Waals surface area contributed by atoms with E-state index in [2.05, 4.69) is 4.74 Å². The number of esters is 1. The summed E-state index contributed by atoms with van der Waals surface area (Å²) >= 11 is 0.289. The van der Waals surface area contributed by atoms with Crippen LogP contribution >= 0.6 is 11.3 Å². The molecule has 1 N–H and O–H groups in total. The van der Waals surface area contributed by atoms with Gasteiger partial charge in [-0.3, -0.25) is 4.79 Å². The fourth-order valence-corrected chi connectivity index (χ4v) is 5.06. The number of hydrogen-bond acceptors (Lipinski definition) is 4. The summed E-state index contributed by atoms with van der Waals surface area (Å²) in [6.07, 6.45) is -3.75. The third kappa shape index (κ3) is 5.16. The number of carbonyl (C=O) groups excluding carboxylic acids is 2. The van der Waals surface area contributed by atoms with Crippen molar-refractivity contribution in [2.45, 2.75) is 86.4 Å². The summed E-state index contributed by atoms with van der Waals surface area (Å²) in [4.78, 5) is 24.5. The Kier molecular flexibility index (Phi) is 9.54. The number of methoxy groups -OCH3 is 1. The van der Waals surface area contributed by atoms with Crippen LogP contribution in [0.5, 0.6) is 0 Å². The molecular formula is C21H17F16NO3S. The third-order valence-electron chi connectivity index (χ3n) is 6.24. The SMILES string of the molecule is COC(=O)c1c(NC(=O)C(F)(F)C(F)(F)C(F)(F)C(F)(F)C(F)(F)C(F)(F)C(F)(F)C(F)F)sc2c1CCCCCC2. The van der Waals surface area contributed by atoms with Gasteiger partial charge in [-0.05, 0) is 31.2 Å². The number of hydrogen-bond donors (Lipinski definition) is 1. The first-order chi connectivity index (χ1) is 18.8. The van der Waals surface area contributed by atoms with E-state index < -0.39 is 70.3 Å². The Bertz CT molecular complexity index is 1180. The Balaban J connectivity index is 2.58. The molecule has 42 heavy (non-hydrogen) atoms. The van der Waals surface area contributed by atoms with Crippen LogP contribution < -0.4 is 5.32 Å². The zero-order valence-corrected chi connectivity index (χ0v) is 21.3. The smallest absolute Gasteiger partial charge is 0.393 e. The normalized spacial score (nSPS) is 16.5. The minimum atomic E-state index is -8.62. The van der Waals surface area contributed by atoms with Crippen molar-refractivity contribution in [1.29, 1.82) is 0 Å². The fraction of sp³-hybridized carbons (Fsp3) is 0.714. The molecule has 1 aromatic rings. The average molecular weight is 667 g/mol. The molecule has 1 aliphatic rings. The highest BCUT2D eigenvalue weighted by Gasteiger charge is 2.94. The molecule has 1 aromatic heterocycles. The highest BCUT2D eigenvalue weighted by atomic mass is 32.1. The lowest BCUT2D eigenvalue weighted by atomic mass is 9.89. The summed E-state index contributed by atoms with van der Waals surface area (Å²) in [5, 5.41) is -0.126. The molecule has 2 rings (SSSR count). The molecular weight excluding hydrogens is 650 g/mol. The lowest BCUT2D eigenvalue weighted by Crippen LogP contribution is -2.74. The zero-order valence-electron chi connectivity index (χ0n) is 20.5. The van der Waals surface area contributed by atoms with Crippen molar-refractivity contribution in [3.8, 4) is 0 Å². The van der Waals surface area contributed by atoms with E-state index in [0.29, 0.717) is 25.7 Å². The van der Waals surface area contributed by atoms with Crippen LogP contribution in [0.3, 0.4) is 0 Å². The summed E-state index contributed by atoms with van der Waals surface area (Å²) in [5.41, 5.74) is -0.653. The number of ether oxygens (including phenoxy) is 1. The van der Waals surface area contributed by atoms with Gasteiger partial charge in [-0.15, -0.1) is 11.3 Å². The monoisotopic (exact) mass is 667 g/mol. The first-order valence-electron chi connectivity index (χ1n) is 11.3. The Morgan fingerprint density at radius 2 is 1.17 bits per heavy atom. The van der Waals surface area contributed by atoms with Crippen molar-refractivity contribution in [3.05, 3.63) is 16.0 Å². The van der Waals surface area contributed by atoms with Gasteiger partial charge in [-0.1, -0.05) is 12.8 Å². The largest absolute Gasteiger partial charge is 0.465 e. The van der Waals surface area contributed by atoms with Crippen LogP contribution in [0.2, 0.25) is 0 Å². The number of carbonyl (C=O) groups is 2. The van der Waals surface area contributed by atoms with Crippen LogP contribution in [0, 0.1) is 0 Å². The molecule has 0 unspecified atom stereocenters. The lowest BCUT2D eigenvalue weighted by Gasteiger charge is -2.42. The molecule has 242 valence electrons. The average Bonchev–Trinajstić information content (AvgIpc) is 3.17. The first-order valence-corrected chi connectivity index (χ1v) is 12.1. The standard InChI is InChI=1S/C21H17F16NO3S/c1-41-12(39)10-8-6-4-2-3-5-7-9(8)42-11(10)38-14(40)16(26,27)18(30,31)20(34,35)21(36,37)19(32,33)17(28,29)15(24,25)13(22)23/h13H,2-7H2,1H3,(H,38,40). The number of thiophene rings is 1. The van der Waals surface area contributed by atoms with E-state index in [1.165, 1.54) is 0 Å². The second kappa shape index (κ2) is 11.2. The number of rotatable bonds is 10. The summed E-state index contributed by atoms with van der Waals surface area (Å²) in [6.45, 7) is 0. The number of nitrogens with one attached hydrogen (secondary N) is 1. The summed E-state index contributed by atoms with van der Waals surface area (Å²) in [7, 11) is 0.750. The Morgan fingerprint density at radius 3 is 1.64 bits per heavy atom. The van der Waals surface area contributed by atoms with Crippen LogP contribution in [0.1, 0.15) is 46.5 Å². The van der Waals surface area contributed by atoms with Crippen LogP contribution in [0.15, 0.2) is 0 Å². The summed E-state index contributed by atoms with van der Waals surface area (Å²) < 4.78 is 222. The molecule has 1 aliphatic carbocycles. The molecule has 21 heteroatoms. The maximum absolute atomic E-state index is 14.4. The van der Waals surface area contributed by atoms with Crippen LogP contribution in [0.4, 0.5) is 75.2 Å². The predicted molar refractivity (Wildman–Crippen MR) is 111 cm³/mol. The second-order valence-electron chi connectivity index (χ2n) is 8.94. The second-order valence-corrected chi connectivity index (χ2v) is 10.0. The van der Waals surface area contributed by atoms with Gasteiger partial charge < -0.3 is 10.1 Å². The molecule has 0 aromatic carbocycles. The molecule has 0 fully saturated rings. The number of alkyl halides is 16. The molecule has 0 spiro atoms. The van der Waals surface area contributed by atoms with Gasteiger partial charge in [0, 0.05) is 4.88 Å². The van der Waals surface area contributed by atoms with E-state index in [-0.39, 0.29) is 34.6 Å². The van der Waals surface area contributed by atoms with Gasteiger partial charge >= 0.3 is 59.8 Å². The minimum Gasteiger partial charge on any atom is -0.465 e. The van der Waals surface area contributed by atoms with Crippen molar-refractivity contribution in [1.82, 2.24) is 0 Å².